The van der Waals surface area contributed by atoms with E-state index in [0.717, 1.165) is 12.8 Å². The lowest BCUT2D eigenvalue weighted by Gasteiger charge is -2.37. The molecule has 0 saturated heterocycles. The average Bonchev–Trinajstić information content (AvgIpc) is 2.51. The molecule has 2 bridgehead atoms. The minimum Gasteiger partial charge on any atom is -0.299 e. The molecule has 0 aromatic heterocycles. The molecule has 0 radical (unpaired) electrons. The summed E-state index contributed by atoms with van der Waals surface area (Å²) in [6, 6.07) is 0. The van der Waals surface area contributed by atoms with Gasteiger partial charge in [0.1, 0.15) is 5.78 Å². The molecule has 0 amide bonds. The summed E-state index contributed by atoms with van der Waals surface area (Å²) in [6.07, 6.45) is 2.80. The van der Waals surface area contributed by atoms with Gasteiger partial charge in [0, 0.05) is 6.42 Å². The maximum absolute atomic E-state index is 12.0. The van der Waals surface area contributed by atoms with Crippen molar-refractivity contribution in [3.05, 3.63) is 0 Å². The molecule has 92 valence electrons. The minimum atomic E-state index is -4.09. The van der Waals surface area contributed by atoms with Crippen LogP contribution in [-0.2, 0) is 14.9 Å². The van der Waals surface area contributed by atoms with Crippen LogP contribution in [0.2, 0.25) is 0 Å². The van der Waals surface area contributed by atoms with Crippen molar-refractivity contribution in [3.63, 3.8) is 0 Å². The second-order valence-corrected chi connectivity index (χ2v) is 6.89. The predicted octanol–water partition coefficient (Wildman–Crippen LogP) is 1.66. The summed E-state index contributed by atoms with van der Waals surface area (Å²) in [5.41, 5.74) is -1.07. The summed E-state index contributed by atoms with van der Waals surface area (Å²) in [4.78, 5) is 12.0. The number of hydrogen-bond donors (Lipinski definition) is 1. The van der Waals surface area contributed by atoms with E-state index in [4.69, 9.17) is 4.55 Å². The third kappa shape index (κ3) is 1.37. The summed E-state index contributed by atoms with van der Waals surface area (Å²) in [5.74, 6) is -0.0582. The molecule has 2 saturated carbocycles. The Labute approximate surface area is 96.2 Å². The molecular formula is C11H18O4S. The quantitative estimate of drug-likeness (QED) is 0.769. The van der Waals surface area contributed by atoms with Gasteiger partial charge in [-0.15, -0.1) is 0 Å². The van der Waals surface area contributed by atoms with Gasteiger partial charge in [-0.05, 0) is 30.6 Å². The Morgan fingerprint density at radius 2 is 2.12 bits per heavy atom. The Morgan fingerprint density at radius 1 is 1.50 bits per heavy atom. The van der Waals surface area contributed by atoms with Gasteiger partial charge in [0.2, 0.25) is 0 Å². The molecule has 4 nitrogen and oxygen atoms in total. The molecule has 1 N–H and O–H groups in total. The highest BCUT2D eigenvalue weighted by atomic mass is 32.2. The number of fused-ring (bicyclic) bond motifs is 2. The average molecular weight is 246 g/mol. The van der Waals surface area contributed by atoms with Crippen LogP contribution in [0, 0.1) is 16.7 Å². The van der Waals surface area contributed by atoms with Crippen LogP contribution in [0.15, 0.2) is 0 Å². The molecule has 0 aliphatic heterocycles. The monoisotopic (exact) mass is 246 g/mol. The molecule has 2 aliphatic rings. The highest BCUT2D eigenvalue weighted by Crippen LogP contribution is 2.65. The van der Waals surface area contributed by atoms with Crippen molar-refractivity contribution in [2.45, 2.75) is 39.5 Å². The summed E-state index contributed by atoms with van der Waals surface area (Å²) in [6.45, 7) is 4.00. The van der Waals surface area contributed by atoms with Crippen molar-refractivity contribution in [1.29, 1.82) is 0 Å². The van der Waals surface area contributed by atoms with Gasteiger partial charge in [0.25, 0.3) is 10.1 Å². The Morgan fingerprint density at radius 3 is 2.56 bits per heavy atom. The third-order valence-electron chi connectivity index (χ3n) is 5.04. The number of carbonyl (C=O) groups excluding carboxylic acids is 1. The Hall–Kier alpha value is -0.420. The highest BCUT2D eigenvalue weighted by molar-refractivity contribution is 7.85. The predicted molar refractivity (Wildman–Crippen MR) is 59.6 cm³/mol. The standard InChI is InChI=1S/C11H18O4S/c1-3-10(2)8-4-5-11(10,9(12)6-8)7-16(13,14)15/h8H,3-7H2,1-2H3,(H,13,14,15). The maximum atomic E-state index is 12.0. The third-order valence-corrected chi connectivity index (χ3v) is 5.90. The van der Waals surface area contributed by atoms with Gasteiger partial charge in [0.05, 0.1) is 11.2 Å². The van der Waals surface area contributed by atoms with Crippen molar-refractivity contribution in [1.82, 2.24) is 0 Å². The van der Waals surface area contributed by atoms with Crippen LogP contribution in [0.1, 0.15) is 39.5 Å². The van der Waals surface area contributed by atoms with Gasteiger partial charge >= 0.3 is 0 Å². The van der Waals surface area contributed by atoms with Gasteiger partial charge in [-0.3, -0.25) is 9.35 Å². The number of hydrogen-bond acceptors (Lipinski definition) is 3. The minimum absolute atomic E-state index is 0.0331. The molecule has 2 aliphatic carbocycles. The van der Waals surface area contributed by atoms with E-state index in [1.807, 2.05) is 13.8 Å². The Balaban J connectivity index is 2.47. The first kappa shape index (κ1) is 12.0. The van der Waals surface area contributed by atoms with Crippen LogP contribution in [0.5, 0.6) is 0 Å². The van der Waals surface area contributed by atoms with Crippen molar-refractivity contribution < 1.29 is 17.8 Å². The summed E-state index contributed by atoms with van der Waals surface area (Å²) in [5, 5.41) is 0. The Kier molecular flexibility index (Phi) is 2.48. The van der Waals surface area contributed by atoms with Crippen LogP contribution in [0.3, 0.4) is 0 Å². The van der Waals surface area contributed by atoms with E-state index in [9.17, 15) is 13.2 Å². The molecule has 0 aromatic carbocycles. The first-order valence-electron chi connectivity index (χ1n) is 5.74. The zero-order valence-electron chi connectivity index (χ0n) is 9.69. The molecule has 3 unspecified atom stereocenters. The molecule has 0 aromatic rings. The molecular weight excluding hydrogens is 228 g/mol. The fraction of sp³-hybridized carbons (Fsp3) is 0.909. The van der Waals surface area contributed by atoms with E-state index >= 15 is 0 Å². The van der Waals surface area contributed by atoms with Gasteiger partial charge in [-0.1, -0.05) is 13.8 Å². The van der Waals surface area contributed by atoms with Crippen molar-refractivity contribution in [2.75, 3.05) is 5.75 Å². The van der Waals surface area contributed by atoms with Gasteiger partial charge in [-0.25, -0.2) is 0 Å². The van der Waals surface area contributed by atoms with Crippen LogP contribution in [0.25, 0.3) is 0 Å². The van der Waals surface area contributed by atoms with E-state index < -0.39 is 15.5 Å². The molecule has 5 heteroatoms. The SMILES string of the molecule is CCC1(C)C2CCC1(CS(=O)(=O)O)C(=O)C2. The zero-order valence-corrected chi connectivity index (χ0v) is 10.5. The van der Waals surface area contributed by atoms with Crippen molar-refractivity contribution >= 4 is 15.9 Å². The van der Waals surface area contributed by atoms with Crippen molar-refractivity contribution in [2.24, 2.45) is 16.7 Å². The Bertz CT molecular complexity index is 427. The number of rotatable bonds is 3. The zero-order chi connectivity index (χ0) is 12.2. The normalized spacial score (nSPS) is 42.9. The van der Waals surface area contributed by atoms with Crippen LogP contribution in [-0.4, -0.2) is 24.5 Å². The lowest BCUT2D eigenvalue weighted by molar-refractivity contribution is -0.128. The topological polar surface area (TPSA) is 71.4 Å². The van der Waals surface area contributed by atoms with Crippen LogP contribution >= 0.6 is 0 Å². The molecule has 3 atom stereocenters. The number of ketones is 1. The lowest BCUT2D eigenvalue weighted by Crippen LogP contribution is -2.43. The van der Waals surface area contributed by atoms with Gasteiger partial charge in [-0.2, -0.15) is 8.42 Å². The summed E-state index contributed by atoms with van der Waals surface area (Å²) >= 11 is 0. The van der Waals surface area contributed by atoms with E-state index in [2.05, 4.69) is 0 Å². The number of Topliss-reactive ketones (excluding diaryl/α,β-unsaturated/α-hetero) is 1. The largest absolute Gasteiger partial charge is 0.299 e. The highest BCUT2D eigenvalue weighted by Gasteiger charge is 2.66. The number of carbonyl (C=O) groups is 1. The van der Waals surface area contributed by atoms with Gasteiger partial charge < -0.3 is 0 Å². The van der Waals surface area contributed by atoms with E-state index in [-0.39, 0.29) is 17.0 Å². The molecule has 2 fully saturated rings. The maximum Gasteiger partial charge on any atom is 0.265 e. The first-order valence-corrected chi connectivity index (χ1v) is 7.34. The van der Waals surface area contributed by atoms with Crippen LogP contribution < -0.4 is 0 Å². The van der Waals surface area contributed by atoms with Gasteiger partial charge in [0.15, 0.2) is 0 Å². The fourth-order valence-electron chi connectivity index (χ4n) is 3.88. The molecule has 16 heavy (non-hydrogen) atoms. The van der Waals surface area contributed by atoms with E-state index in [1.165, 1.54) is 0 Å². The first-order chi connectivity index (χ1) is 7.25. The second kappa shape index (κ2) is 3.29. The molecule has 0 spiro atoms. The van der Waals surface area contributed by atoms with E-state index in [1.54, 1.807) is 0 Å². The van der Waals surface area contributed by atoms with Crippen LogP contribution in [0.4, 0.5) is 0 Å². The molecule has 0 heterocycles. The fourth-order valence-corrected chi connectivity index (χ4v) is 5.13. The van der Waals surface area contributed by atoms with E-state index in [0.29, 0.717) is 18.8 Å². The smallest absolute Gasteiger partial charge is 0.265 e. The summed E-state index contributed by atoms with van der Waals surface area (Å²) < 4.78 is 31.3. The lowest BCUT2D eigenvalue weighted by atomic mass is 9.67. The second-order valence-electron chi connectivity index (χ2n) is 5.44. The molecule has 2 rings (SSSR count). The summed E-state index contributed by atoms with van der Waals surface area (Å²) in [7, 11) is -4.09. The van der Waals surface area contributed by atoms with Crippen molar-refractivity contribution in [3.8, 4) is 0 Å².